The molecule has 0 aliphatic rings. The summed E-state index contributed by atoms with van der Waals surface area (Å²) >= 11 is 7.19. The molecular weight excluding hydrogens is 436 g/mol. The molecule has 0 aliphatic heterocycles. The van der Waals surface area contributed by atoms with Gasteiger partial charge < -0.3 is 14.5 Å². The van der Waals surface area contributed by atoms with Crippen LogP contribution in [0.3, 0.4) is 0 Å². The van der Waals surface area contributed by atoms with Crippen molar-refractivity contribution >= 4 is 35.0 Å². The van der Waals surface area contributed by atoms with Crippen LogP contribution in [0.15, 0.2) is 76.5 Å². The zero-order valence-electron chi connectivity index (χ0n) is 16.6. The van der Waals surface area contributed by atoms with E-state index in [-0.39, 0.29) is 11.7 Å². The standard InChI is InChI=1S/C22H19ClN4O3S/c1-29-18-5-2-4-15(12-18)21-25-26-22(27(21)13-19-6-3-11-30-19)31-14-20(28)24-17-9-7-16(23)8-10-17/h2-12H,13-14H2,1H3,(H,24,28). The van der Waals surface area contributed by atoms with E-state index in [1.807, 2.05) is 41.0 Å². The second-order valence-electron chi connectivity index (χ2n) is 6.55. The van der Waals surface area contributed by atoms with Crippen LogP contribution in [0.1, 0.15) is 5.76 Å². The topological polar surface area (TPSA) is 82.2 Å². The van der Waals surface area contributed by atoms with Gasteiger partial charge in [-0.1, -0.05) is 35.5 Å². The van der Waals surface area contributed by atoms with E-state index in [0.717, 1.165) is 17.1 Å². The van der Waals surface area contributed by atoms with Gasteiger partial charge in [-0.2, -0.15) is 0 Å². The van der Waals surface area contributed by atoms with Gasteiger partial charge in [-0.3, -0.25) is 9.36 Å². The summed E-state index contributed by atoms with van der Waals surface area (Å²) in [6.07, 6.45) is 1.62. The monoisotopic (exact) mass is 454 g/mol. The van der Waals surface area contributed by atoms with Crippen molar-refractivity contribution in [2.24, 2.45) is 0 Å². The quantitative estimate of drug-likeness (QED) is 0.378. The fourth-order valence-corrected chi connectivity index (χ4v) is 3.80. The summed E-state index contributed by atoms with van der Waals surface area (Å²) in [6, 6.07) is 18.3. The molecular formula is C22H19ClN4O3S. The minimum Gasteiger partial charge on any atom is -0.497 e. The highest BCUT2D eigenvalue weighted by atomic mass is 35.5. The molecule has 0 saturated carbocycles. The summed E-state index contributed by atoms with van der Waals surface area (Å²) in [5.41, 5.74) is 1.54. The molecule has 2 heterocycles. The van der Waals surface area contributed by atoms with Crippen molar-refractivity contribution < 1.29 is 13.9 Å². The van der Waals surface area contributed by atoms with Crippen LogP contribution < -0.4 is 10.1 Å². The lowest BCUT2D eigenvalue weighted by Gasteiger charge is -2.10. The first-order valence-corrected chi connectivity index (χ1v) is 10.8. The normalized spacial score (nSPS) is 10.8. The first-order chi connectivity index (χ1) is 15.1. The zero-order valence-corrected chi connectivity index (χ0v) is 18.2. The third-order valence-electron chi connectivity index (χ3n) is 4.40. The third-order valence-corrected chi connectivity index (χ3v) is 5.62. The highest BCUT2D eigenvalue weighted by Crippen LogP contribution is 2.27. The number of nitrogens with one attached hydrogen (secondary N) is 1. The van der Waals surface area contributed by atoms with E-state index >= 15 is 0 Å². The Balaban J connectivity index is 1.54. The number of nitrogens with zero attached hydrogens (tertiary/aromatic N) is 3. The summed E-state index contributed by atoms with van der Waals surface area (Å²) < 4.78 is 12.8. The summed E-state index contributed by atoms with van der Waals surface area (Å²) in [4.78, 5) is 12.4. The van der Waals surface area contributed by atoms with E-state index in [9.17, 15) is 4.79 Å². The molecule has 0 saturated heterocycles. The van der Waals surface area contributed by atoms with E-state index < -0.39 is 0 Å². The van der Waals surface area contributed by atoms with Gasteiger partial charge in [-0.25, -0.2) is 0 Å². The lowest BCUT2D eigenvalue weighted by atomic mass is 10.2. The average molecular weight is 455 g/mol. The average Bonchev–Trinajstić information content (AvgIpc) is 3.44. The van der Waals surface area contributed by atoms with Crippen LogP contribution in [0.25, 0.3) is 11.4 Å². The number of thioether (sulfide) groups is 1. The summed E-state index contributed by atoms with van der Waals surface area (Å²) in [6.45, 7) is 0.438. The SMILES string of the molecule is COc1cccc(-c2nnc(SCC(=O)Nc3ccc(Cl)cc3)n2Cc2ccco2)c1. The maximum atomic E-state index is 12.4. The van der Waals surface area contributed by atoms with Crippen molar-refractivity contribution in [3.63, 3.8) is 0 Å². The van der Waals surface area contributed by atoms with Gasteiger partial charge in [0.15, 0.2) is 11.0 Å². The molecule has 9 heteroatoms. The fourth-order valence-electron chi connectivity index (χ4n) is 2.93. The van der Waals surface area contributed by atoms with Gasteiger partial charge in [0, 0.05) is 16.3 Å². The lowest BCUT2D eigenvalue weighted by Crippen LogP contribution is -2.14. The van der Waals surface area contributed by atoms with Crippen LogP contribution in [0.5, 0.6) is 5.75 Å². The van der Waals surface area contributed by atoms with Gasteiger partial charge in [0.25, 0.3) is 0 Å². The van der Waals surface area contributed by atoms with E-state index in [1.165, 1.54) is 11.8 Å². The molecule has 4 aromatic rings. The zero-order chi connectivity index (χ0) is 21.6. The molecule has 0 bridgehead atoms. The predicted octanol–water partition coefficient (Wildman–Crippen LogP) is 4.98. The molecule has 158 valence electrons. The molecule has 4 rings (SSSR count). The van der Waals surface area contributed by atoms with Crippen molar-refractivity contribution in [2.75, 3.05) is 18.2 Å². The number of methoxy groups -OCH3 is 1. The number of hydrogen-bond acceptors (Lipinski definition) is 6. The maximum absolute atomic E-state index is 12.4. The lowest BCUT2D eigenvalue weighted by molar-refractivity contribution is -0.113. The highest BCUT2D eigenvalue weighted by molar-refractivity contribution is 7.99. The van der Waals surface area contributed by atoms with Gasteiger partial charge in [0.2, 0.25) is 5.91 Å². The van der Waals surface area contributed by atoms with Crippen molar-refractivity contribution in [1.29, 1.82) is 0 Å². The van der Waals surface area contributed by atoms with E-state index in [4.69, 9.17) is 20.8 Å². The molecule has 2 aromatic carbocycles. The number of carbonyl (C=O) groups excluding carboxylic acids is 1. The van der Waals surface area contributed by atoms with Crippen molar-refractivity contribution in [3.8, 4) is 17.1 Å². The van der Waals surface area contributed by atoms with Crippen molar-refractivity contribution in [1.82, 2.24) is 14.8 Å². The molecule has 0 atom stereocenters. The second kappa shape index (κ2) is 9.72. The maximum Gasteiger partial charge on any atom is 0.234 e. The van der Waals surface area contributed by atoms with E-state index in [0.29, 0.717) is 28.2 Å². The molecule has 2 aromatic heterocycles. The largest absolute Gasteiger partial charge is 0.497 e. The number of anilines is 1. The molecule has 0 aliphatic carbocycles. The van der Waals surface area contributed by atoms with Gasteiger partial charge in [0.05, 0.1) is 25.7 Å². The number of ether oxygens (including phenoxy) is 1. The van der Waals surface area contributed by atoms with Gasteiger partial charge in [-0.05, 0) is 48.5 Å². The minimum absolute atomic E-state index is 0.150. The van der Waals surface area contributed by atoms with Crippen LogP contribution in [0.2, 0.25) is 5.02 Å². The van der Waals surface area contributed by atoms with E-state index in [1.54, 1.807) is 37.6 Å². The number of furan rings is 1. The Morgan fingerprint density at radius 1 is 1.16 bits per heavy atom. The molecule has 1 amide bonds. The smallest absolute Gasteiger partial charge is 0.234 e. The molecule has 7 nitrogen and oxygen atoms in total. The Morgan fingerprint density at radius 2 is 2.00 bits per heavy atom. The van der Waals surface area contributed by atoms with Crippen LogP contribution in [0.4, 0.5) is 5.69 Å². The predicted molar refractivity (Wildman–Crippen MR) is 121 cm³/mol. The Labute approximate surface area is 188 Å². The Morgan fingerprint density at radius 3 is 2.74 bits per heavy atom. The number of hydrogen-bond donors (Lipinski definition) is 1. The minimum atomic E-state index is -0.150. The number of carbonyl (C=O) groups is 1. The van der Waals surface area contributed by atoms with Crippen molar-refractivity contribution in [3.05, 3.63) is 77.7 Å². The Bertz CT molecular complexity index is 1160. The second-order valence-corrected chi connectivity index (χ2v) is 7.93. The molecule has 0 fully saturated rings. The molecule has 1 N–H and O–H groups in total. The fraction of sp³-hybridized carbons (Fsp3) is 0.136. The Hall–Kier alpha value is -3.23. The number of amides is 1. The van der Waals surface area contributed by atoms with Crippen molar-refractivity contribution in [2.45, 2.75) is 11.7 Å². The van der Waals surface area contributed by atoms with Crippen LogP contribution >= 0.6 is 23.4 Å². The Kier molecular flexibility index (Phi) is 6.59. The number of benzene rings is 2. The van der Waals surface area contributed by atoms with Crippen LogP contribution in [0, 0.1) is 0 Å². The summed E-state index contributed by atoms with van der Waals surface area (Å²) in [7, 11) is 1.62. The summed E-state index contributed by atoms with van der Waals surface area (Å²) in [5.74, 6) is 2.17. The molecule has 0 radical (unpaired) electrons. The van der Waals surface area contributed by atoms with Gasteiger partial charge in [-0.15, -0.1) is 10.2 Å². The first kappa shape index (κ1) is 21.0. The van der Waals surface area contributed by atoms with Gasteiger partial charge in [0.1, 0.15) is 11.5 Å². The molecule has 31 heavy (non-hydrogen) atoms. The van der Waals surface area contributed by atoms with E-state index in [2.05, 4.69) is 15.5 Å². The van der Waals surface area contributed by atoms with Crippen LogP contribution in [-0.2, 0) is 11.3 Å². The first-order valence-electron chi connectivity index (χ1n) is 9.40. The third kappa shape index (κ3) is 5.28. The van der Waals surface area contributed by atoms with Gasteiger partial charge >= 0.3 is 0 Å². The number of aromatic nitrogens is 3. The number of rotatable bonds is 8. The number of halogens is 1. The highest BCUT2D eigenvalue weighted by Gasteiger charge is 2.17. The van der Waals surface area contributed by atoms with Crippen LogP contribution in [-0.4, -0.2) is 33.5 Å². The molecule has 0 spiro atoms. The molecule has 0 unspecified atom stereocenters. The summed E-state index contributed by atoms with van der Waals surface area (Å²) in [5, 5.41) is 12.8.